The third-order valence-corrected chi connectivity index (χ3v) is 8.36. The molecule has 236 valence electrons. The van der Waals surface area contributed by atoms with E-state index in [1.807, 2.05) is 18.5 Å². The molecule has 0 aliphatic heterocycles. The van der Waals surface area contributed by atoms with Gasteiger partial charge in [0.2, 0.25) is 0 Å². The van der Waals surface area contributed by atoms with Gasteiger partial charge in [0.05, 0.1) is 6.42 Å². The molecule has 0 radical (unpaired) electrons. The molecule has 2 aromatic heterocycles. The van der Waals surface area contributed by atoms with E-state index in [4.69, 9.17) is 5.11 Å². The lowest BCUT2D eigenvalue weighted by atomic mass is 10.0. The molecule has 0 aromatic carbocycles. The third-order valence-electron chi connectivity index (χ3n) is 8.36. The van der Waals surface area contributed by atoms with Crippen molar-refractivity contribution in [2.24, 2.45) is 0 Å². The number of carboxylic acid groups (broad SMARTS) is 1. The molecule has 0 unspecified atom stereocenters. The third kappa shape index (κ3) is 21.4. The van der Waals surface area contributed by atoms with Crippen LogP contribution in [-0.2, 0) is 24.2 Å². The molecule has 2 aromatic rings. The first-order valence-corrected chi connectivity index (χ1v) is 17.5. The number of aromatic nitrogens is 2. The van der Waals surface area contributed by atoms with Crippen LogP contribution in [0.1, 0.15) is 146 Å². The second-order valence-corrected chi connectivity index (χ2v) is 12.3. The Labute approximate surface area is 257 Å². The molecule has 2 heterocycles. The Bertz CT molecular complexity index is 890. The zero-order valence-electron chi connectivity index (χ0n) is 26.8. The van der Waals surface area contributed by atoms with Crippen molar-refractivity contribution in [2.45, 2.75) is 154 Å². The fourth-order valence-electron chi connectivity index (χ4n) is 5.76. The summed E-state index contributed by atoms with van der Waals surface area (Å²) in [5, 5.41) is 11.8. The normalized spacial score (nSPS) is 11.2. The molecule has 5 nitrogen and oxygen atoms in total. The molecular formula is C37H62N3O2+. The van der Waals surface area contributed by atoms with Gasteiger partial charge in [0.15, 0.2) is 12.4 Å². The first-order chi connectivity index (χ1) is 20.7. The van der Waals surface area contributed by atoms with Crippen molar-refractivity contribution < 1.29 is 14.5 Å². The van der Waals surface area contributed by atoms with E-state index in [-0.39, 0.29) is 6.42 Å². The molecule has 0 fully saturated rings. The number of hydrogen-bond donors (Lipinski definition) is 2. The summed E-state index contributed by atoms with van der Waals surface area (Å²) in [6.07, 6.45) is 38.0. The van der Waals surface area contributed by atoms with Gasteiger partial charge in [-0.3, -0.25) is 9.78 Å². The Hall–Kier alpha value is -2.27. The number of hydrogen-bond acceptors (Lipinski definition) is 3. The molecule has 0 spiro atoms. The lowest BCUT2D eigenvalue weighted by molar-refractivity contribution is -0.697. The summed E-state index contributed by atoms with van der Waals surface area (Å²) in [6, 6.07) is 8.76. The molecule has 2 N–H and O–H groups in total. The van der Waals surface area contributed by atoms with Crippen molar-refractivity contribution >= 4 is 5.97 Å². The summed E-state index contributed by atoms with van der Waals surface area (Å²) >= 11 is 0. The monoisotopic (exact) mass is 580 g/mol. The van der Waals surface area contributed by atoms with E-state index in [9.17, 15) is 4.79 Å². The van der Waals surface area contributed by atoms with Crippen LogP contribution in [0.2, 0.25) is 0 Å². The van der Waals surface area contributed by atoms with Crippen LogP contribution in [0.3, 0.4) is 0 Å². The quantitative estimate of drug-likeness (QED) is 0.0744. The molecule has 42 heavy (non-hydrogen) atoms. The number of carboxylic acids is 1. The van der Waals surface area contributed by atoms with E-state index in [2.05, 4.69) is 45.5 Å². The van der Waals surface area contributed by atoms with Gasteiger partial charge in [0.1, 0.15) is 6.54 Å². The summed E-state index contributed by atoms with van der Waals surface area (Å²) in [7, 11) is 0. The van der Waals surface area contributed by atoms with Gasteiger partial charge in [0, 0.05) is 37.0 Å². The molecule has 0 bridgehead atoms. The lowest BCUT2D eigenvalue weighted by Crippen LogP contribution is -2.33. The van der Waals surface area contributed by atoms with Gasteiger partial charge in [-0.2, -0.15) is 0 Å². The van der Waals surface area contributed by atoms with Crippen molar-refractivity contribution in [3.8, 4) is 0 Å². The highest BCUT2D eigenvalue weighted by Gasteiger charge is 2.04. The SMILES string of the molecule is O=C(O)CCNCCCCCCCCCCCc1ccc[n+](CCCCCCCCCCCCCc2cccnc2)c1. The molecule has 5 heteroatoms. The number of aliphatic carboxylic acids is 1. The van der Waals surface area contributed by atoms with Gasteiger partial charge in [0.25, 0.3) is 0 Å². The number of pyridine rings is 2. The highest BCUT2D eigenvalue weighted by molar-refractivity contribution is 5.66. The molecule has 0 saturated carbocycles. The first kappa shape index (κ1) is 35.9. The van der Waals surface area contributed by atoms with Gasteiger partial charge < -0.3 is 10.4 Å². The molecule has 0 atom stereocenters. The topological polar surface area (TPSA) is 66.1 Å². The van der Waals surface area contributed by atoms with Crippen molar-refractivity contribution in [1.29, 1.82) is 0 Å². The Morgan fingerprint density at radius 3 is 1.74 bits per heavy atom. The maximum Gasteiger partial charge on any atom is 0.304 e. The Morgan fingerprint density at radius 2 is 1.17 bits per heavy atom. The van der Waals surface area contributed by atoms with E-state index in [1.165, 1.54) is 146 Å². The summed E-state index contributed by atoms with van der Waals surface area (Å²) in [6.45, 7) is 2.70. The average Bonchev–Trinajstić information content (AvgIpc) is 3.00. The van der Waals surface area contributed by atoms with E-state index in [0.717, 1.165) is 19.5 Å². The van der Waals surface area contributed by atoms with E-state index < -0.39 is 5.97 Å². The largest absolute Gasteiger partial charge is 0.481 e. The molecule has 0 aliphatic rings. The summed E-state index contributed by atoms with van der Waals surface area (Å²) in [5.74, 6) is -0.720. The van der Waals surface area contributed by atoms with Crippen LogP contribution >= 0.6 is 0 Å². The highest BCUT2D eigenvalue weighted by atomic mass is 16.4. The van der Waals surface area contributed by atoms with E-state index in [0.29, 0.717) is 6.54 Å². The molecule has 0 amide bonds. The van der Waals surface area contributed by atoms with Gasteiger partial charge in [-0.1, -0.05) is 102 Å². The fourth-order valence-corrected chi connectivity index (χ4v) is 5.76. The Kier molecular flexibility index (Phi) is 22.6. The number of carbonyl (C=O) groups is 1. The summed E-state index contributed by atoms with van der Waals surface area (Å²) in [5.41, 5.74) is 2.87. The molecule has 2 rings (SSSR count). The predicted octanol–water partition coefficient (Wildman–Crippen LogP) is 9.02. The van der Waals surface area contributed by atoms with Crippen LogP contribution in [0, 0.1) is 0 Å². The Balaban J connectivity index is 1.32. The van der Waals surface area contributed by atoms with Gasteiger partial charge in [-0.25, -0.2) is 4.57 Å². The van der Waals surface area contributed by atoms with Crippen molar-refractivity contribution in [1.82, 2.24) is 10.3 Å². The van der Waals surface area contributed by atoms with Crippen molar-refractivity contribution in [3.63, 3.8) is 0 Å². The van der Waals surface area contributed by atoms with Crippen LogP contribution in [0.4, 0.5) is 0 Å². The van der Waals surface area contributed by atoms with Crippen LogP contribution in [0.5, 0.6) is 0 Å². The second-order valence-electron chi connectivity index (χ2n) is 12.3. The predicted molar refractivity (Wildman–Crippen MR) is 176 cm³/mol. The number of nitrogens with zero attached hydrogens (tertiary/aromatic N) is 2. The van der Waals surface area contributed by atoms with Gasteiger partial charge in [-0.05, 0) is 62.8 Å². The van der Waals surface area contributed by atoms with Crippen LogP contribution in [0.25, 0.3) is 0 Å². The zero-order chi connectivity index (χ0) is 29.8. The smallest absolute Gasteiger partial charge is 0.304 e. The maximum atomic E-state index is 10.5. The minimum Gasteiger partial charge on any atom is -0.481 e. The zero-order valence-corrected chi connectivity index (χ0v) is 26.8. The Morgan fingerprint density at radius 1 is 0.643 bits per heavy atom. The molecular weight excluding hydrogens is 518 g/mol. The second kappa shape index (κ2) is 26.4. The van der Waals surface area contributed by atoms with Crippen LogP contribution < -0.4 is 9.88 Å². The highest BCUT2D eigenvalue weighted by Crippen LogP contribution is 2.14. The van der Waals surface area contributed by atoms with Crippen LogP contribution in [0.15, 0.2) is 49.1 Å². The lowest BCUT2D eigenvalue weighted by Gasteiger charge is -2.05. The van der Waals surface area contributed by atoms with Gasteiger partial charge >= 0.3 is 5.97 Å². The van der Waals surface area contributed by atoms with Gasteiger partial charge in [-0.15, -0.1) is 0 Å². The minimum absolute atomic E-state index is 0.223. The standard InChI is InChI=1S/C37H61N3O2/c41-37(42)27-30-38-28-19-15-11-7-4-6-10-14-18-24-36-26-22-32-40(34-36)31-20-16-12-8-3-1-2-5-9-13-17-23-35-25-21-29-39-33-35/h21-22,25-26,29,32-34,38H,1-20,23-24,27-28,30-31H2/p+1. The molecule has 0 aliphatic carbocycles. The number of nitrogens with one attached hydrogen (secondary N) is 1. The first-order valence-electron chi connectivity index (χ1n) is 17.5. The van der Waals surface area contributed by atoms with E-state index in [1.54, 1.807) is 0 Å². The maximum absolute atomic E-state index is 10.5. The van der Waals surface area contributed by atoms with Crippen molar-refractivity contribution in [3.05, 3.63) is 60.2 Å². The number of aryl methyl sites for hydroxylation is 3. The summed E-state index contributed by atoms with van der Waals surface area (Å²) < 4.78 is 2.41. The average molecular weight is 581 g/mol. The number of rotatable bonds is 29. The fraction of sp³-hybridized carbons (Fsp3) is 0.703. The van der Waals surface area contributed by atoms with Crippen molar-refractivity contribution in [2.75, 3.05) is 13.1 Å². The van der Waals surface area contributed by atoms with Crippen LogP contribution in [-0.4, -0.2) is 29.1 Å². The number of unbranched alkanes of at least 4 members (excludes halogenated alkanes) is 18. The van der Waals surface area contributed by atoms with E-state index >= 15 is 0 Å². The minimum atomic E-state index is -0.720. The summed E-state index contributed by atoms with van der Waals surface area (Å²) in [4.78, 5) is 14.7. The molecule has 0 saturated heterocycles.